The summed E-state index contributed by atoms with van der Waals surface area (Å²) in [6, 6.07) is 0. The number of carbonyl (C=O) groups excluding carboxylic acids is 1. The Balaban J connectivity index is 3.02. The summed E-state index contributed by atoms with van der Waals surface area (Å²) in [5.74, 6) is -0.173. The van der Waals surface area contributed by atoms with E-state index in [2.05, 4.69) is 19.1 Å². The molecule has 0 fully saturated rings. The monoisotopic (exact) mass is 198 g/mol. The number of carbonyl (C=O) groups is 1. The third-order valence-corrected chi connectivity index (χ3v) is 1.94. The first kappa shape index (κ1) is 13.2. The van der Waals surface area contributed by atoms with Gasteiger partial charge in [0.1, 0.15) is 0 Å². The van der Waals surface area contributed by atoms with E-state index in [1.807, 2.05) is 0 Å². The second kappa shape index (κ2) is 10.3. The topological polar surface area (TPSA) is 26.3 Å². The molecule has 0 N–H and O–H groups in total. The fourth-order valence-electron chi connectivity index (χ4n) is 1.16. The van der Waals surface area contributed by atoms with E-state index in [4.69, 9.17) is 4.74 Å². The fraction of sp³-hybridized carbons (Fsp3) is 0.750. The minimum Gasteiger partial charge on any atom is -0.466 e. The van der Waals surface area contributed by atoms with Gasteiger partial charge in [0.15, 0.2) is 0 Å². The molecule has 0 atom stereocenters. The second-order valence-corrected chi connectivity index (χ2v) is 3.45. The van der Waals surface area contributed by atoms with E-state index in [-0.39, 0.29) is 5.97 Å². The van der Waals surface area contributed by atoms with Crippen LogP contribution in [0.2, 0.25) is 0 Å². The Morgan fingerprint density at radius 1 is 1.14 bits per heavy atom. The van der Waals surface area contributed by atoms with Crippen LogP contribution in [0.4, 0.5) is 0 Å². The molecule has 2 heteroatoms. The van der Waals surface area contributed by atoms with E-state index >= 15 is 0 Å². The lowest BCUT2D eigenvalue weighted by Gasteiger charge is -2.00. The highest BCUT2D eigenvalue weighted by Gasteiger charge is 1.91. The molecule has 0 bridgehead atoms. The van der Waals surface area contributed by atoms with Gasteiger partial charge in [-0.1, -0.05) is 25.5 Å². The Labute approximate surface area is 87.3 Å². The number of allylic oxidation sites excluding steroid dienone is 2. The Morgan fingerprint density at radius 3 is 2.50 bits per heavy atom. The number of hydrogen-bond donors (Lipinski definition) is 0. The summed E-state index contributed by atoms with van der Waals surface area (Å²) in [4.78, 5) is 10.4. The first-order valence-electron chi connectivity index (χ1n) is 5.55. The van der Waals surface area contributed by atoms with E-state index in [1.165, 1.54) is 26.2 Å². The predicted octanol–water partition coefficient (Wildman–Crippen LogP) is 3.47. The van der Waals surface area contributed by atoms with Gasteiger partial charge in [0.2, 0.25) is 0 Å². The molecule has 0 aromatic heterocycles. The quantitative estimate of drug-likeness (QED) is 0.339. The molecule has 0 radical (unpaired) electrons. The van der Waals surface area contributed by atoms with Crippen molar-refractivity contribution in [2.45, 2.75) is 52.4 Å². The highest BCUT2D eigenvalue weighted by Crippen LogP contribution is 2.02. The van der Waals surface area contributed by atoms with Crippen LogP contribution < -0.4 is 0 Å². The van der Waals surface area contributed by atoms with Crippen molar-refractivity contribution in [2.24, 2.45) is 0 Å². The van der Waals surface area contributed by atoms with Crippen LogP contribution in [0.1, 0.15) is 52.4 Å². The highest BCUT2D eigenvalue weighted by molar-refractivity contribution is 5.65. The molecule has 0 aliphatic rings. The first-order valence-corrected chi connectivity index (χ1v) is 5.55. The SMILES string of the molecule is CCC/C=C/CCCCCOC(C)=O. The summed E-state index contributed by atoms with van der Waals surface area (Å²) >= 11 is 0. The van der Waals surface area contributed by atoms with E-state index in [0.29, 0.717) is 6.61 Å². The summed E-state index contributed by atoms with van der Waals surface area (Å²) < 4.78 is 4.83. The summed E-state index contributed by atoms with van der Waals surface area (Å²) in [6.45, 7) is 4.21. The Morgan fingerprint density at radius 2 is 1.86 bits per heavy atom. The van der Waals surface area contributed by atoms with Gasteiger partial charge in [0.25, 0.3) is 0 Å². The third kappa shape index (κ3) is 11.2. The highest BCUT2D eigenvalue weighted by atomic mass is 16.5. The van der Waals surface area contributed by atoms with Crippen molar-refractivity contribution < 1.29 is 9.53 Å². The standard InChI is InChI=1S/C12H22O2/c1-3-4-5-6-7-8-9-10-11-14-12(2)13/h5-6H,3-4,7-11H2,1-2H3/b6-5+. The lowest BCUT2D eigenvalue weighted by atomic mass is 10.2. The molecule has 0 aliphatic carbocycles. The number of unbranched alkanes of at least 4 members (excludes halogenated alkanes) is 4. The summed E-state index contributed by atoms with van der Waals surface area (Å²) in [5, 5.41) is 0. The first-order chi connectivity index (χ1) is 6.77. The zero-order valence-electron chi connectivity index (χ0n) is 9.42. The van der Waals surface area contributed by atoms with Gasteiger partial charge in [-0.2, -0.15) is 0 Å². The Kier molecular flexibility index (Phi) is 9.71. The normalized spacial score (nSPS) is 10.7. The lowest BCUT2D eigenvalue weighted by Crippen LogP contribution is -1.99. The molecule has 2 nitrogen and oxygen atoms in total. The molecule has 82 valence electrons. The van der Waals surface area contributed by atoms with Crippen LogP contribution in [0.15, 0.2) is 12.2 Å². The molecule has 0 aromatic rings. The number of rotatable bonds is 8. The van der Waals surface area contributed by atoms with Gasteiger partial charge >= 0.3 is 5.97 Å². The zero-order valence-corrected chi connectivity index (χ0v) is 9.42. The van der Waals surface area contributed by atoms with E-state index in [9.17, 15) is 4.79 Å². The molecule has 0 amide bonds. The fourth-order valence-corrected chi connectivity index (χ4v) is 1.16. The molecule has 0 rings (SSSR count). The van der Waals surface area contributed by atoms with Gasteiger partial charge < -0.3 is 4.74 Å². The summed E-state index contributed by atoms with van der Waals surface area (Å²) in [5.41, 5.74) is 0. The largest absolute Gasteiger partial charge is 0.466 e. The van der Waals surface area contributed by atoms with Gasteiger partial charge in [-0.05, 0) is 32.1 Å². The van der Waals surface area contributed by atoms with Gasteiger partial charge in [0.05, 0.1) is 6.61 Å². The maximum absolute atomic E-state index is 10.4. The predicted molar refractivity (Wildman–Crippen MR) is 59.1 cm³/mol. The van der Waals surface area contributed by atoms with Crippen molar-refractivity contribution in [3.63, 3.8) is 0 Å². The molecule has 0 saturated carbocycles. The average Bonchev–Trinajstić information content (AvgIpc) is 2.15. The van der Waals surface area contributed by atoms with Crippen molar-refractivity contribution in [3.8, 4) is 0 Å². The van der Waals surface area contributed by atoms with Crippen LogP contribution in [-0.2, 0) is 9.53 Å². The molecular formula is C12H22O2. The summed E-state index contributed by atoms with van der Waals surface area (Å²) in [7, 11) is 0. The molecule has 0 heterocycles. The van der Waals surface area contributed by atoms with Gasteiger partial charge in [-0.25, -0.2) is 0 Å². The van der Waals surface area contributed by atoms with Crippen LogP contribution in [0.5, 0.6) is 0 Å². The molecule has 0 spiro atoms. The Hall–Kier alpha value is -0.790. The van der Waals surface area contributed by atoms with Gasteiger partial charge in [0, 0.05) is 6.92 Å². The average molecular weight is 198 g/mol. The van der Waals surface area contributed by atoms with Crippen molar-refractivity contribution in [1.29, 1.82) is 0 Å². The number of ether oxygens (including phenoxy) is 1. The maximum Gasteiger partial charge on any atom is 0.302 e. The molecule has 0 unspecified atom stereocenters. The molecule has 0 saturated heterocycles. The zero-order chi connectivity index (χ0) is 10.6. The molecular weight excluding hydrogens is 176 g/mol. The molecule has 14 heavy (non-hydrogen) atoms. The van der Waals surface area contributed by atoms with Gasteiger partial charge in [-0.15, -0.1) is 0 Å². The third-order valence-electron chi connectivity index (χ3n) is 1.94. The minimum atomic E-state index is -0.173. The van der Waals surface area contributed by atoms with E-state index in [0.717, 1.165) is 19.3 Å². The Bertz CT molecular complexity index is 162. The lowest BCUT2D eigenvalue weighted by molar-refractivity contribution is -0.141. The van der Waals surface area contributed by atoms with Crippen LogP contribution >= 0.6 is 0 Å². The smallest absolute Gasteiger partial charge is 0.302 e. The summed E-state index contributed by atoms with van der Waals surface area (Å²) in [6.07, 6.45) is 11.4. The van der Waals surface area contributed by atoms with Crippen molar-refractivity contribution in [3.05, 3.63) is 12.2 Å². The minimum absolute atomic E-state index is 0.173. The molecule has 0 aromatic carbocycles. The van der Waals surface area contributed by atoms with Crippen LogP contribution in [0.3, 0.4) is 0 Å². The second-order valence-electron chi connectivity index (χ2n) is 3.45. The van der Waals surface area contributed by atoms with Crippen LogP contribution in [0.25, 0.3) is 0 Å². The molecule has 0 aliphatic heterocycles. The van der Waals surface area contributed by atoms with E-state index < -0.39 is 0 Å². The van der Waals surface area contributed by atoms with Crippen molar-refractivity contribution in [2.75, 3.05) is 6.61 Å². The maximum atomic E-state index is 10.4. The van der Waals surface area contributed by atoms with Crippen LogP contribution in [0, 0.1) is 0 Å². The van der Waals surface area contributed by atoms with Crippen molar-refractivity contribution >= 4 is 5.97 Å². The number of esters is 1. The number of hydrogen-bond acceptors (Lipinski definition) is 2. The van der Waals surface area contributed by atoms with Crippen LogP contribution in [-0.4, -0.2) is 12.6 Å². The van der Waals surface area contributed by atoms with Crippen molar-refractivity contribution in [1.82, 2.24) is 0 Å². The van der Waals surface area contributed by atoms with Gasteiger partial charge in [-0.3, -0.25) is 4.79 Å². The van der Waals surface area contributed by atoms with E-state index in [1.54, 1.807) is 0 Å².